The van der Waals surface area contributed by atoms with Gasteiger partial charge in [0.25, 0.3) is 5.91 Å². The van der Waals surface area contributed by atoms with Gasteiger partial charge < -0.3 is 9.84 Å². The highest BCUT2D eigenvalue weighted by Gasteiger charge is 2.30. The number of halogens is 3. The third-order valence-corrected chi connectivity index (χ3v) is 5.45. The summed E-state index contributed by atoms with van der Waals surface area (Å²) in [6.07, 6.45) is 1.21. The van der Waals surface area contributed by atoms with Crippen LogP contribution in [0.1, 0.15) is 15.9 Å². The highest BCUT2D eigenvalue weighted by atomic mass is 32.2. The van der Waals surface area contributed by atoms with Crippen LogP contribution in [0, 0.1) is 11.3 Å². The smallest absolute Gasteiger partial charge is 0.363 e. The number of carbonyl (C=O) groups excluding carboxylic acids is 1. The lowest BCUT2D eigenvalue weighted by molar-refractivity contribution is -0.0328. The number of alkyl halides is 3. The molecular weight excluding hydrogens is 451 g/mol. The maximum Gasteiger partial charge on any atom is 0.446 e. The molecule has 5 nitrogen and oxygen atoms in total. The molecule has 1 aromatic heterocycles. The van der Waals surface area contributed by atoms with Gasteiger partial charge in [0.15, 0.2) is 0 Å². The lowest BCUT2D eigenvalue weighted by atomic mass is 10.0. The van der Waals surface area contributed by atoms with Crippen LogP contribution in [0.3, 0.4) is 0 Å². The molecule has 0 spiro atoms. The number of carbonyl (C=O) groups is 1. The Kier molecular flexibility index (Phi) is 6.20. The molecule has 0 atom stereocenters. The first-order valence-electron chi connectivity index (χ1n) is 9.55. The van der Waals surface area contributed by atoms with Gasteiger partial charge in [0, 0.05) is 16.1 Å². The maximum atomic E-state index is 12.9. The van der Waals surface area contributed by atoms with Crippen molar-refractivity contribution < 1.29 is 22.5 Å². The van der Waals surface area contributed by atoms with Gasteiger partial charge in [-0.3, -0.25) is 4.79 Å². The summed E-state index contributed by atoms with van der Waals surface area (Å²) in [5.74, 6) is -0.477. The van der Waals surface area contributed by atoms with Crippen molar-refractivity contribution in [2.45, 2.75) is 10.4 Å². The number of rotatable bonds is 5. The molecule has 0 saturated carbocycles. The topological polar surface area (TPSA) is 78.9 Å². The number of nitrogens with zero attached hydrogens (tertiary/aromatic N) is 2. The Morgan fingerprint density at radius 2 is 1.76 bits per heavy atom. The van der Waals surface area contributed by atoms with Crippen molar-refractivity contribution in [1.82, 2.24) is 5.16 Å². The van der Waals surface area contributed by atoms with Gasteiger partial charge in [-0.15, -0.1) is 0 Å². The lowest BCUT2D eigenvalue weighted by Gasteiger charge is -2.12. The van der Waals surface area contributed by atoms with E-state index in [9.17, 15) is 18.0 Å². The standard InChI is InChI=1S/C24H14F3N3O2S/c25-24(26,27)33-21-7-2-1-6-19(21)16-8-10-18(11-9-16)29-23(31)20-14-32-30-22(20)17-5-3-4-15(12-17)13-28/h1-12,14H,(H,29,31). The van der Waals surface area contributed by atoms with Gasteiger partial charge in [-0.25, -0.2) is 0 Å². The number of thioether (sulfide) groups is 1. The number of anilines is 1. The molecule has 4 aromatic rings. The number of hydrogen-bond donors (Lipinski definition) is 1. The van der Waals surface area contributed by atoms with Crippen LogP contribution in [0.25, 0.3) is 22.4 Å². The molecule has 0 bridgehead atoms. The average Bonchev–Trinajstić information content (AvgIpc) is 3.29. The van der Waals surface area contributed by atoms with Crippen molar-refractivity contribution in [3.63, 3.8) is 0 Å². The summed E-state index contributed by atoms with van der Waals surface area (Å²) < 4.78 is 43.6. The first-order valence-corrected chi connectivity index (χ1v) is 10.4. The number of aromatic nitrogens is 1. The molecule has 0 aliphatic rings. The minimum absolute atomic E-state index is 0.0931. The van der Waals surface area contributed by atoms with Crippen LogP contribution in [0.2, 0.25) is 0 Å². The van der Waals surface area contributed by atoms with E-state index < -0.39 is 11.4 Å². The van der Waals surface area contributed by atoms with Crippen LogP contribution in [-0.4, -0.2) is 16.6 Å². The van der Waals surface area contributed by atoms with Crippen molar-refractivity contribution in [2.24, 2.45) is 0 Å². The molecule has 164 valence electrons. The molecule has 0 fully saturated rings. The van der Waals surface area contributed by atoms with Crippen molar-refractivity contribution in [2.75, 3.05) is 5.32 Å². The summed E-state index contributed by atoms with van der Waals surface area (Å²) >= 11 is -0.170. The van der Waals surface area contributed by atoms with Gasteiger partial charge >= 0.3 is 5.51 Å². The molecule has 3 aromatic carbocycles. The monoisotopic (exact) mass is 465 g/mol. The predicted octanol–water partition coefficient (Wildman–Crippen LogP) is 6.74. The molecule has 0 aliphatic heterocycles. The van der Waals surface area contributed by atoms with Gasteiger partial charge in [0.05, 0.1) is 11.6 Å². The van der Waals surface area contributed by atoms with E-state index in [4.69, 9.17) is 9.78 Å². The minimum atomic E-state index is -4.40. The number of nitriles is 1. The molecular formula is C24H14F3N3O2S. The molecule has 0 radical (unpaired) electrons. The number of amides is 1. The molecule has 33 heavy (non-hydrogen) atoms. The lowest BCUT2D eigenvalue weighted by Crippen LogP contribution is -2.12. The van der Waals surface area contributed by atoms with Crippen molar-refractivity contribution in [3.05, 3.63) is 90.2 Å². The number of nitrogens with one attached hydrogen (secondary N) is 1. The fourth-order valence-corrected chi connectivity index (χ4v) is 3.88. The Morgan fingerprint density at radius 1 is 1.00 bits per heavy atom. The molecule has 9 heteroatoms. The Bertz CT molecular complexity index is 1340. The third-order valence-electron chi connectivity index (χ3n) is 4.65. The van der Waals surface area contributed by atoms with Crippen LogP contribution in [0.15, 0.2) is 88.5 Å². The van der Waals surface area contributed by atoms with Gasteiger partial charge in [-0.1, -0.05) is 47.6 Å². The zero-order valence-electron chi connectivity index (χ0n) is 16.8. The molecule has 0 saturated heterocycles. The normalized spacial score (nSPS) is 11.1. The Hall–Kier alpha value is -4.03. The van der Waals surface area contributed by atoms with E-state index in [1.54, 1.807) is 66.7 Å². The van der Waals surface area contributed by atoms with Crippen LogP contribution >= 0.6 is 11.8 Å². The van der Waals surface area contributed by atoms with E-state index in [1.807, 2.05) is 6.07 Å². The van der Waals surface area contributed by atoms with Gasteiger partial charge in [0.2, 0.25) is 0 Å². The van der Waals surface area contributed by atoms with E-state index in [0.29, 0.717) is 33.6 Å². The Morgan fingerprint density at radius 3 is 2.48 bits per heavy atom. The second kappa shape index (κ2) is 9.22. The summed E-state index contributed by atoms with van der Waals surface area (Å²) in [7, 11) is 0. The quantitative estimate of drug-likeness (QED) is 0.330. The van der Waals surface area contributed by atoms with Crippen molar-refractivity contribution in [3.8, 4) is 28.5 Å². The van der Waals surface area contributed by atoms with E-state index in [0.717, 1.165) is 0 Å². The summed E-state index contributed by atoms with van der Waals surface area (Å²) in [6.45, 7) is 0. The maximum absolute atomic E-state index is 12.9. The SMILES string of the molecule is N#Cc1cccc(-c2nocc2C(=O)Nc2ccc(-c3ccccc3SC(F)(F)F)cc2)c1. The van der Waals surface area contributed by atoms with Crippen LogP contribution in [0.4, 0.5) is 18.9 Å². The largest absolute Gasteiger partial charge is 0.446 e. The second-order valence-corrected chi connectivity index (χ2v) is 7.95. The number of hydrogen-bond acceptors (Lipinski definition) is 5. The van der Waals surface area contributed by atoms with Crippen LogP contribution in [-0.2, 0) is 0 Å². The molecule has 1 N–H and O–H groups in total. The van der Waals surface area contributed by atoms with Gasteiger partial charge in [-0.05, 0) is 53.2 Å². The fraction of sp³-hybridized carbons (Fsp3) is 0.0417. The molecule has 1 amide bonds. The highest BCUT2D eigenvalue weighted by molar-refractivity contribution is 8.00. The summed E-state index contributed by atoms with van der Waals surface area (Å²) in [5, 5.41) is 15.7. The van der Waals surface area contributed by atoms with E-state index in [1.165, 1.54) is 12.3 Å². The zero-order valence-corrected chi connectivity index (χ0v) is 17.6. The number of benzene rings is 3. The van der Waals surface area contributed by atoms with E-state index >= 15 is 0 Å². The van der Waals surface area contributed by atoms with E-state index in [2.05, 4.69) is 10.5 Å². The van der Waals surface area contributed by atoms with E-state index in [-0.39, 0.29) is 22.2 Å². The zero-order chi connectivity index (χ0) is 23.4. The molecule has 4 rings (SSSR count). The Balaban J connectivity index is 1.54. The molecule has 0 unspecified atom stereocenters. The third kappa shape index (κ3) is 5.25. The first-order chi connectivity index (χ1) is 15.8. The minimum Gasteiger partial charge on any atom is -0.363 e. The predicted molar refractivity (Wildman–Crippen MR) is 118 cm³/mol. The van der Waals surface area contributed by atoms with Crippen LogP contribution in [0.5, 0.6) is 0 Å². The summed E-state index contributed by atoms with van der Waals surface area (Å²) in [4.78, 5) is 12.9. The fourth-order valence-electron chi connectivity index (χ4n) is 3.19. The van der Waals surface area contributed by atoms with Crippen LogP contribution < -0.4 is 5.32 Å². The average molecular weight is 465 g/mol. The second-order valence-electron chi connectivity index (χ2n) is 6.84. The Labute approximate surface area is 190 Å². The highest BCUT2D eigenvalue weighted by Crippen LogP contribution is 2.41. The van der Waals surface area contributed by atoms with Crippen molar-refractivity contribution >= 4 is 23.4 Å². The first kappa shape index (κ1) is 22.2. The molecule has 1 heterocycles. The van der Waals surface area contributed by atoms with Gasteiger partial charge in [0.1, 0.15) is 17.5 Å². The summed E-state index contributed by atoms with van der Waals surface area (Å²) in [5.41, 5.74) is -1.48. The van der Waals surface area contributed by atoms with Gasteiger partial charge in [-0.2, -0.15) is 18.4 Å². The molecule has 0 aliphatic carbocycles. The van der Waals surface area contributed by atoms with Crippen molar-refractivity contribution in [1.29, 1.82) is 5.26 Å². The summed E-state index contributed by atoms with van der Waals surface area (Å²) in [6, 6.07) is 21.4.